The number of ether oxygens (including phenoxy) is 1. The molecule has 0 saturated heterocycles. The second-order valence-electron chi connectivity index (χ2n) is 5.76. The number of benzene rings is 1. The summed E-state index contributed by atoms with van der Waals surface area (Å²) in [5, 5.41) is 0. The minimum absolute atomic E-state index is 0.00746. The zero-order chi connectivity index (χ0) is 18.7. The van der Waals surface area contributed by atoms with Crippen LogP contribution in [0.15, 0.2) is 27.8 Å². The van der Waals surface area contributed by atoms with Crippen molar-refractivity contribution in [2.75, 3.05) is 12.3 Å². The standard InChI is InChI=1S/C17H19N3O5/c1-9-4-5-11(6-10(9)2)7-13(22)25-8-12(21)14-15(18)20(3)17(24)19-16(14)23/h4-6H,7-8,18H2,1-3H3,(H,19,23,24). The highest BCUT2D eigenvalue weighted by molar-refractivity contribution is 6.01. The molecule has 132 valence electrons. The first-order valence-electron chi connectivity index (χ1n) is 7.54. The minimum atomic E-state index is -0.907. The fraction of sp³-hybridized carbons (Fsp3) is 0.294. The van der Waals surface area contributed by atoms with Gasteiger partial charge in [-0.15, -0.1) is 0 Å². The van der Waals surface area contributed by atoms with E-state index in [0.717, 1.165) is 21.3 Å². The minimum Gasteiger partial charge on any atom is -0.457 e. The van der Waals surface area contributed by atoms with Gasteiger partial charge in [0, 0.05) is 7.05 Å². The first-order valence-corrected chi connectivity index (χ1v) is 7.54. The number of H-pyrrole nitrogens is 1. The second kappa shape index (κ2) is 7.16. The molecule has 0 atom stereocenters. The Labute approximate surface area is 143 Å². The lowest BCUT2D eigenvalue weighted by atomic mass is 10.0. The van der Waals surface area contributed by atoms with Crippen molar-refractivity contribution in [2.45, 2.75) is 20.3 Å². The number of hydrogen-bond donors (Lipinski definition) is 2. The Morgan fingerprint density at radius 1 is 1.20 bits per heavy atom. The topological polar surface area (TPSA) is 124 Å². The number of esters is 1. The normalized spacial score (nSPS) is 10.5. The Morgan fingerprint density at radius 3 is 2.52 bits per heavy atom. The number of ketones is 1. The molecule has 0 bridgehead atoms. The number of hydrogen-bond acceptors (Lipinski definition) is 6. The predicted octanol–water partition coefficient (Wildman–Crippen LogP) is 0.241. The number of nitrogens with one attached hydrogen (secondary N) is 1. The molecule has 0 aliphatic heterocycles. The van der Waals surface area contributed by atoms with Crippen LogP contribution in [0.4, 0.5) is 5.82 Å². The highest BCUT2D eigenvalue weighted by Gasteiger charge is 2.19. The number of anilines is 1. The molecule has 0 aliphatic carbocycles. The molecule has 0 aliphatic rings. The number of aromatic amines is 1. The maximum Gasteiger partial charge on any atom is 0.329 e. The number of aryl methyl sites for hydroxylation is 2. The summed E-state index contributed by atoms with van der Waals surface area (Å²) in [6.07, 6.45) is 0.00746. The van der Waals surface area contributed by atoms with Gasteiger partial charge in [-0.3, -0.25) is 23.9 Å². The van der Waals surface area contributed by atoms with Crippen LogP contribution in [0.3, 0.4) is 0 Å². The fourth-order valence-corrected chi connectivity index (χ4v) is 2.26. The van der Waals surface area contributed by atoms with Crippen molar-refractivity contribution in [3.63, 3.8) is 0 Å². The molecular formula is C17H19N3O5. The molecule has 0 radical (unpaired) electrons. The van der Waals surface area contributed by atoms with Crippen molar-refractivity contribution in [2.24, 2.45) is 7.05 Å². The van der Waals surface area contributed by atoms with Crippen LogP contribution in [0.25, 0.3) is 0 Å². The van der Waals surface area contributed by atoms with E-state index in [1.54, 1.807) is 6.07 Å². The number of nitrogens with zero attached hydrogens (tertiary/aromatic N) is 1. The van der Waals surface area contributed by atoms with Gasteiger partial charge in [-0.1, -0.05) is 18.2 Å². The van der Waals surface area contributed by atoms with Gasteiger partial charge >= 0.3 is 11.7 Å². The molecule has 0 amide bonds. The Morgan fingerprint density at radius 2 is 1.88 bits per heavy atom. The van der Waals surface area contributed by atoms with Crippen LogP contribution < -0.4 is 17.0 Å². The van der Waals surface area contributed by atoms with Gasteiger partial charge in [-0.25, -0.2) is 4.79 Å². The molecule has 0 spiro atoms. The van der Waals surface area contributed by atoms with E-state index in [9.17, 15) is 19.2 Å². The summed E-state index contributed by atoms with van der Waals surface area (Å²) in [5.74, 6) is -1.65. The van der Waals surface area contributed by atoms with Crippen molar-refractivity contribution in [3.05, 3.63) is 61.3 Å². The third-order valence-electron chi connectivity index (χ3n) is 3.93. The van der Waals surface area contributed by atoms with Gasteiger partial charge in [0.1, 0.15) is 11.4 Å². The fourth-order valence-electron chi connectivity index (χ4n) is 2.26. The largest absolute Gasteiger partial charge is 0.457 e. The molecule has 0 unspecified atom stereocenters. The summed E-state index contributed by atoms with van der Waals surface area (Å²) in [6.45, 7) is 3.27. The van der Waals surface area contributed by atoms with E-state index in [4.69, 9.17) is 10.5 Å². The Hall–Kier alpha value is -3.16. The smallest absolute Gasteiger partial charge is 0.329 e. The zero-order valence-electron chi connectivity index (χ0n) is 14.2. The lowest BCUT2D eigenvalue weighted by Crippen LogP contribution is -2.35. The van der Waals surface area contributed by atoms with Crippen molar-refractivity contribution in [3.8, 4) is 0 Å². The number of aromatic nitrogens is 2. The van der Waals surface area contributed by atoms with Gasteiger partial charge < -0.3 is 10.5 Å². The van der Waals surface area contributed by atoms with E-state index >= 15 is 0 Å². The van der Waals surface area contributed by atoms with Gasteiger partial charge in [0.25, 0.3) is 5.56 Å². The van der Waals surface area contributed by atoms with Crippen LogP contribution in [0.5, 0.6) is 0 Å². The molecule has 2 aromatic rings. The first-order chi connectivity index (χ1) is 11.7. The average Bonchev–Trinajstić information content (AvgIpc) is 2.54. The van der Waals surface area contributed by atoms with Crippen molar-refractivity contribution < 1.29 is 14.3 Å². The number of rotatable bonds is 5. The van der Waals surface area contributed by atoms with Crippen LogP contribution in [-0.4, -0.2) is 27.9 Å². The summed E-state index contributed by atoms with van der Waals surface area (Å²) in [6, 6.07) is 5.57. The molecule has 2 rings (SSSR count). The monoisotopic (exact) mass is 345 g/mol. The van der Waals surface area contributed by atoms with E-state index < -0.39 is 35.2 Å². The number of nitrogen functional groups attached to an aromatic ring is 1. The van der Waals surface area contributed by atoms with Crippen molar-refractivity contribution >= 4 is 17.6 Å². The lowest BCUT2D eigenvalue weighted by Gasteiger charge is -2.09. The average molecular weight is 345 g/mol. The highest BCUT2D eigenvalue weighted by atomic mass is 16.5. The molecule has 0 fully saturated rings. The maximum atomic E-state index is 12.1. The summed E-state index contributed by atoms with van der Waals surface area (Å²) in [7, 11) is 1.32. The van der Waals surface area contributed by atoms with Gasteiger partial charge in [0.15, 0.2) is 6.61 Å². The van der Waals surface area contributed by atoms with E-state index in [1.807, 2.05) is 31.0 Å². The van der Waals surface area contributed by atoms with Crippen LogP contribution in [-0.2, 0) is 23.0 Å². The van der Waals surface area contributed by atoms with E-state index in [2.05, 4.69) is 0 Å². The van der Waals surface area contributed by atoms with Gasteiger partial charge in [-0.05, 0) is 30.5 Å². The Kier molecular flexibility index (Phi) is 5.21. The number of carbonyl (C=O) groups excluding carboxylic acids is 2. The van der Waals surface area contributed by atoms with E-state index in [0.29, 0.717) is 0 Å². The van der Waals surface area contributed by atoms with Gasteiger partial charge in [0.2, 0.25) is 5.78 Å². The first kappa shape index (κ1) is 18.2. The molecule has 8 heteroatoms. The van der Waals surface area contributed by atoms with Gasteiger partial charge in [0.05, 0.1) is 6.42 Å². The number of nitrogens with two attached hydrogens (primary N) is 1. The third kappa shape index (κ3) is 4.03. The molecule has 1 heterocycles. The second-order valence-corrected chi connectivity index (χ2v) is 5.76. The molecule has 1 aromatic heterocycles. The zero-order valence-corrected chi connectivity index (χ0v) is 14.2. The highest BCUT2D eigenvalue weighted by Crippen LogP contribution is 2.11. The van der Waals surface area contributed by atoms with E-state index in [1.165, 1.54) is 7.05 Å². The molecule has 0 saturated carbocycles. The Balaban J connectivity index is 2.06. The molecular weight excluding hydrogens is 326 g/mol. The predicted molar refractivity (Wildman–Crippen MR) is 91.6 cm³/mol. The van der Waals surface area contributed by atoms with Crippen LogP contribution in [0.2, 0.25) is 0 Å². The number of Topliss-reactive ketones (excluding diaryl/α,β-unsaturated/α-hetero) is 1. The van der Waals surface area contributed by atoms with E-state index in [-0.39, 0.29) is 12.2 Å². The molecule has 1 aromatic carbocycles. The maximum absolute atomic E-state index is 12.1. The quantitative estimate of drug-likeness (QED) is 0.591. The molecule has 3 N–H and O–H groups in total. The van der Waals surface area contributed by atoms with Crippen LogP contribution >= 0.6 is 0 Å². The SMILES string of the molecule is Cc1ccc(CC(=O)OCC(=O)c2c(N)n(C)c(=O)[nH]c2=O)cc1C. The molecule has 8 nitrogen and oxygen atoms in total. The summed E-state index contributed by atoms with van der Waals surface area (Å²) < 4.78 is 5.86. The Bertz CT molecular complexity index is 956. The summed E-state index contributed by atoms with van der Waals surface area (Å²) >= 11 is 0. The summed E-state index contributed by atoms with van der Waals surface area (Å²) in [5.41, 5.74) is 6.51. The van der Waals surface area contributed by atoms with Crippen LogP contribution in [0.1, 0.15) is 27.0 Å². The summed E-state index contributed by atoms with van der Waals surface area (Å²) in [4.78, 5) is 49.1. The van der Waals surface area contributed by atoms with Crippen molar-refractivity contribution in [1.29, 1.82) is 0 Å². The number of carbonyl (C=O) groups is 2. The lowest BCUT2D eigenvalue weighted by molar-refractivity contribution is -0.141. The van der Waals surface area contributed by atoms with Crippen LogP contribution in [0, 0.1) is 13.8 Å². The van der Waals surface area contributed by atoms with Gasteiger partial charge in [-0.2, -0.15) is 0 Å². The van der Waals surface area contributed by atoms with Crippen molar-refractivity contribution in [1.82, 2.24) is 9.55 Å². The molecule has 25 heavy (non-hydrogen) atoms. The third-order valence-corrected chi connectivity index (χ3v) is 3.93.